The van der Waals surface area contributed by atoms with Crippen LogP contribution >= 0.6 is 0 Å². The zero-order valence-electron chi connectivity index (χ0n) is 8.32. The molecule has 3 N–H and O–H groups in total. The number of hydrogen-bond acceptors (Lipinski definition) is 3. The van der Waals surface area contributed by atoms with Crippen LogP contribution in [0.3, 0.4) is 0 Å². The van der Waals surface area contributed by atoms with Crippen LogP contribution in [0.5, 0.6) is 0 Å². The van der Waals surface area contributed by atoms with Crippen molar-refractivity contribution < 1.29 is 5.11 Å². The first kappa shape index (κ1) is 10.7. The summed E-state index contributed by atoms with van der Waals surface area (Å²) in [7, 11) is 0. The van der Waals surface area contributed by atoms with Crippen LogP contribution in [0.25, 0.3) is 0 Å². The number of likely N-dealkylation sites (N-methyl/N-ethyl adjacent to an activating group) is 1. The highest BCUT2D eigenvalue weighted by molar-refractivity contribution is 5.06. The van der Waals surface area contributed by atoms with Crippen LogP contribution in [0.2, 0.25) is 0 Å². The zero-order valence-corrected chi connectivity index (χ0v) is 8.32. The highest BCUT2D eigenvalue weighted by Crippen LogP contribution is 2.20. The molecule has 1 aliphatic rings. The summed E-state index contributed by atoms with van der Waals surface area (Å²) in [4.78, 5) is 2.28. The molecule has 0 aromatic rings. The van der Waals surface area contributed by atoms with E-state index < -0.39 is 0 Å². The summed E-state index contributed by atoms with van der Waals surface area (Å²) in [5.41, 5.74) is 5.59. The molecule has 0 spiro atoms. The van der Waals surface area contributed by atoms with Crippen molar-refractivity contribution >= 4 is 0 Å². The molecular formula is C10H20N2O. The third-order valence-corrected chi connectivity index (χ3v) is 2.71. The SMILES string of the molecule is CCN(CCO)C1C=CC(CN)C1. The molecule has 2 atom stereocenters. The summed E-state index contributed by atoms with van der Waals surface area (Å²) in [6, 6.07) is 0.491. The lowest BCUT2D eigenvalue weighted by atomic mass is 10.1. The lowest BCUT2D eigenvalue weighted by Crippen LogP contribution is -2.35. The lowest BCUT2D eigenvalue weighted by molar-refractivity contribution is 0.172. The van der Waals surface area contributed by atoms with Gasteiger partial charge in [0, 0.05) is 12.6 Å². The Balaban J connectivity index is 2.39. The van der Waals surface area contributed by atoms with Crippen LogP contribution in [0, 0.1) is 5.92 Å². The lowest BCUT2D eigenvalue weighted by Gasteiger charge is -2.26. The van der Waals surface area contributed by atoms with E-state index in [0.717, 1.165) is 26.1 Å². The van der Waals surface area contributed by atoms with Gasteiger partial charge in [0.1, 0.15) is 0 Å². The predicted molar refractivity (Wildman–Crippen MR) is 54.4 cm³/mol. The zero-order chi connectivity index (χ0) is 9.68. The Morgan fingerprint density at radius 1 is 1.54 bits per heavy atom. The molecule has 3 heteroatoms. The second kappa shape index (κ2) is 5.37. The standard InChI is InChI=1S/C10H20N2O/c1-2-12(5-6-13)10-4-3-9(7-10)8-11/h3-4,9-10,13H,2,5-8,11H2,1H3. The van der Waals surface area contributed by atoms with Crippen molar-refractivity contribution in [2.45, 2.75) is 19.4 Å². The summed E-state index contributed by atoms with van der Waals surface area (Å²) in [5, 5.41) is 8.86. The molecule has 1 aliphatic carbocycles. The summed E-state index contributed by atoms with van der Waals surface area (Å²) >= 11 is 0. The Labute approximate surface area is 80.2 Å². The smallest absolute Gasteiger partial charge is 0.0558 e. The van der Waals surface area contributed by atoms with Gasteiger partial charge in [0.15, 0.2) is 0 Å². The highest BCUT2D eigenvalue weighted by atomic mass is 16.3. The number of nitrogens with two attached hydrogens (primary N) is 1. The van der Waals surface area contributed by atoms with Gasteiger partial charge in [-0.05, 0) is 25.4 Å². The fourth-order valence-corrected chi connectivity index (χ4v) is 1.89. The molecular weight excluding hydrogens is 164 g/mol. The third kappa shape index (κ3) is 2.79. The minimum Gasteiger partial charge on any atom is -0.395 e. The largest absolute Gasteiger partial charge is 0.395 e. The molecule has 76 valence electrons. The Kier molecular flexibility index (Phi) is 4.42. The molecule has 0 aromatic heterocycles. The van der Waals surface area contributed by atoms with E-state index in [1.807, 2.05) is 0 Å². The van der Waals surface area contributed by atoms with Gasteiger partial charge in [-0.25, -0.2) is 0 Å². The maximum absolute atomic E-state index is 8.86. The van der Waals surface area contributed by atoms with Crippen molar-refractivity contribution in [2.24, 2.45) is 11.7 Å². The third-order valence-electron chi connectivity index (χ3n) is 2.71. The quantitative estimate of drug-likeness (QED) is 0.600. The van der Waals surface area contributed by atoms with Gasteiger partial charge >= 0.3 is 0 Å². The van der Waals surface area contributed by atoms with Crippen LogP contribution in [0.1, 0.15) is 13.3 Å². The summed E-state index contributed by atoms with van der Waals surface area (Å²) in [5.74, 6) is 0.540. The van der Waals surface area contributed by atoms with Crippen molar-refractivity contribution in [1.29, 1.82) is 0 Å². The van der Waals surface area contributed by atoms with Gasteiger partial charge in [0.2, 0.25) is 0 Å². The molecule has 1 rings (SSSR count). The minimum atomic E-state index is 0.242. The molecule has 2 unspecified atom stereocenters. The topological polar surface area (TPSA) is 49.5 Å². The van der Waals surface area contributed by atoms with Gasteiger partial charge in [0.05, 0.1) is 6.61 Å². The molecule has 0 aliphatic heterocycles. The first-order chi connectivity index (χ1) is 6.31. The first-order valence-corrected chi connectivity index (χ1v) is 5.05. The van der Waals surface area contributed by atoms with Crippen LogP contribution in [0.4, 0.5) is 0 Å². The summed E-state index contributed by atoms with van der Waals surface area (Å²) < 4.78 is 0. The molecule has 0 bridgehead atoms. The van der Waals surface area contributed by atoms with Crippen molar-refractivity contribution in [3.05, 3.63) is 12.2 Å². The number of aliphatic hydroxyl groups is 1. The van der Waals surface area contributed by atoms with Crippen molar-refractivity contribution in [3.63, 3.8) is 0 Å². The highest BCUT2D eigenvalue weighted by Gasteiger charge is 2.21. The van der Waals surface area contributed by atoms with Crippen LogP contribution in [0.15, 0.2) is 12.2 Å². The first-order valence-electron chi connectivity index (χ1n) is 5.05. The van der Waals surface area contributed by atoms with Crippen LogP contribution in [-0.4, -0.2) is 42.3 Å². The number of hydrogen-bond donors (Lipinski definition) is 2. The van der Waals surface area contributed by atoms with Gasteiger partial charge in [-0.15, -0.1) is 0 Å². The van der Waals surface area contributed by atoms with Crippen LogP contribution < -0.4 is 5.73 Å². The Bertz CT molecular complexity index is 170. The molecule has 0 amide bonds. The maximum Gasteiger partial charge on any atom is 0.0558 e. The minimum absolute atomic E-state index is 0.242. The number of aliphatic hydroxyl groups excluding tert-OH is 1. The van der Waals surface area contributed by atoms with Gasteiger partial charge in [0.25, 0.3) is 0 Å². The van der Waals surface area contributed by atoms with Gasteiger partial charge < -0.3 is 10.8 Å². The number of rotatable bonds is 5. The molecule has 13 heavy (non-hydrogen) atoms. The molecule has 0 fully saturated rings. The maximum atomic E-state index is 8.86. The summed E-state index contributed by atoms with van der Waals surface area (Å²) in [6.45, 7) is 4.87. The van der Waals surface area contributed by atoms with Gasteiger partial charge in [-0.3, -0.25) is 4.90 Å². The normalized spacial score (nSPS) is 27.4. The average Bonchev–Trinajstić information content (AvgIpc) is 2.62. The van der Waals surface area contributed by atoms with E-state index in [9.17, 15) is 0 Å². The molecule has 0 aromatic carbocycles. The summed E-state index contributed by atoms with van der Waals surface area (Å²) in [6.07, 6.45) is 5.53. The monoisotopic (exact) mass is 184 g/mol. The van der Waals surface area contributed by atoms with Crippen molar-refractivity contribution in [2.75, 3.05) is 26.2 Å². The fraction of sp³-hybridized carbons (Fsp3) is 0.800. The molecule has 3 nitrogen and oxygen atoms in total. The van der Waals surface area contributed by atoms with Crippen molar-refractivity contribution in [3.8, 4) is 0 Å². The average molecular weight is 184 g/mol. The second-order valence-corrected chi connectivity index (χ2v) is 3.54. The van der Waals surface area contributed by atoms with Gasteiger partial charge in [-0.2, -0.15) is 0 Å². The van der Waals surface area contributed by atoms with E-state index in [-0.39, 0.29) is 6.61 Å². The van der Waals surface area contributed by atoms with E-state index in [1.165, 1.54) is 0 Å². The Morgan fingerprint density at radius 2 is 2.31 bits per heavy atom. The van der Waals surface area contributed by atoms with Crippen LogP contribution in [-0.2, 0) is 0 Å². The Hall–Kier alpha value is -0.380. The second-order valence-electron chi connectivity index (χ2n) is 3.54. The molecule has 0 saturated heterocycles. The molecule has 0 heterocycles. The van der Waals surface area contributed by atoms with E-state index >= 15 is 0 Å². The number of nitrogens with zero attached hydrogens (tertiary/aromatic N) is 1. The molecule has 0 radical (unpaired) electrons. The van der Waals surface area contributed by atoms with E-state index in [2.05, 4.69) is 24.0 Å². The molecule has 0 saturated carbocycles. The van der Waals surface area contributed by atoms with E-state index in [4.69, 9.17) is 10.8 Å². The van der Waals surface area contributed by atoms with Crippen molar-refractivity contribution in [1.82, 2.24) is 4.90 Å². The predicted octanol–water partition coefficient (Wildman–Crippen LogP) is 0.204. The Morgan fingerprint density at radius 3 is 2.77 bits per heavy atom. The van der Waals surface area contributed by atoms with Gasteiger partial charge in [-0.1, -0.05) is 19.1 Å². The van der Waals surface area contributed by atoms with E-state index in [1.54, 1.807) is 0 Å². The fourth-order valence-electron chi connectivity index (χ4n) is 1.89. The van der Waals surface area contributed by atoms with E-state index in [0.29, 0.717) is 12.0 Å².